The van der Waals surface area contributed by atoms with E-state index in [4.69, 9.17) is 9.72 Å². The van der Waals surface area contributed by atoms with Crippen LogP contribution in [0.2, 0.25) is 0 Å². The van der Waals surface area contributed by atoms with Crippen molar-refractivity contribution in [2.24, 2.45) is 0 Å². The number of anilines is 1. The molecule has 1 aromatic carbocycles. The van der Waals surface area contributed by atoms with Gasteiger partial charge in [0.05, 0.1) is 22.8 Å². The van der Waals surface area contributed by atoms with Crippen LogP contribution < -0.4 is 4.90 Å². The number of hydrogen-bond donors (Lipinski definition) is 0. The number of carbonyl (C=O) groups is 1. The van der Waals surface area contributed by atoms with E-state index in [2.05, 4.69) is 18.7 Å². The number of nitrogens with zero attached hydrogens (tertiary/aromatic N) is 2. The van der Waals surface area contributed by atoms with E-state index in [1.165, 1.54) is 11.3 Å². The molecule has 2 heterocycles. The fourth-order valence-corrected chi connectivity index (χ4v) is 3.59. The minimum atomic E-state index is 0.178. The molecular weight excluding hydrogens is 284 g/mol. The Hall–Kier alpha value is -1.72. The maximum atomic E-state index is 11.4. The van der Waals surface area contributed by atoms with Crippen molar-refractivity contribution in [3.8, 4) is 11.3 Å². The van der Waals surface area contributed by atoms with Crippen LogP contribution in [0.25, 0.3) is 11.3 Å². The lowest BCUT2D eigenvalue weighted by molar-refractivity contribution is -0.00522. The summed E-state index contributed by atoms with van der Waals surface area (Å²) in [5.74, 6) is 0. The molecule has 0 amide bonds. The molecule has 3 rings (SSSR count). The summed E-state index contributed by atoms with van der Waals surface area (Å²) in [5, 5.41) is 0.901. The van der Waals surface area contributed by atoms with Gasteiger partial charge in [-0.25, -0.2) is 4.98 Å². The van der Waals surface area contributed by atoms with Gasteiger partial charge in [0, 0.05) is 18.7 Å². The molecule has 0 N–H and O–H groups in total. The van der Waals surface area contributed by atoms with Gasteiger partial charge in [-0.05, 0) is 13.8 Å². The third-order valence-electron chi connectivity index (χ3n) is 3.49. The minimum absolute atomic E-state index is 0.178. The molecule has 0 spiro atoms. The van der Waals surface area contributed by atoms with Crippen LogP contribution in [0.5, 0.6) is 0 Å². The number of morpholine rings is 1. The third kappa shape index (κ3) is 2.99. The first-order valence-corrected chi connectivity index (χ1v) is 7.91. The Morgan fingerprint density at radius 1 is 1.24 bits per heavy atom. The van der Waals surface area contributed by atoms with Crippen LogP contribution in [-0.4, -0.2) is 36.6 Å². The van der Waals surface area contributed by atoms with Gasteiger partial charge in [0.2, 0.25) is 0 Å². The smallest absolute Gasteiger partial charge is 0.186 e. The first kappa shape index (κ1) is 14.2. The second-order valence-electron chi connectivity index (χ2n) is 5.36. The molecule has 0 radical (unpaired) electrons. The Balaban J connectivity index is 1.94. The van der Waals surface area contributed by atoms with E-state index in [-0.39, 0.29) is 12.2 Å². The van der Waals surface area contributed by atoms with Gasteiger partial charge in [-0.3, -0.25) is 4.79 Å². The largest absolute Gasteiger partial charge is 0.372 e. The zero-order valence-corrected chi connectivity index (χ0v) is 13.0. The number of rotatable bonds is 3. The van der Waals surface area contributed by atoms with E-state index in [1.54, 1.807) is 0 Å². The number of thiazole rings is 1. The Morgan fingerprint density at radius 3 is 2.52 bits per heavy atom. The zero-order chi connectivity index (χ0) is 14.8. The first-order valence-electron chi connectivity index (χ1n) is 7.09. The lowest BCUT2D eigenvalue weighted by Gasteiger charge is -2.35. The summed E-state index contributed by atoms with van der Waals surface area (Å²) in [6, 6.07) is 9.85. The first-order chi connectivity index (χ1) is 10.2. The third-order valence-corrected chi connectivity index (χ3v) is 4.53. The molecule has 2 unspecified atom stereocenters. The molecule has 110 valence electrons. The molecule has 1 aliphatic rings. The molecule has 21 heavy (non-hydrogen) atoms. The van der Waals surface area contributed by atoms with Gasteiger partial charge >= 0.3 is 0 Å². The molecule has 1 aliphatic heterocycles. The van der Waals surface area contributed by atoms with Crippen molar-refractivity contribution in [2.45, 2.75) is 26.1 Å². The molecule has 2 aromatic rings. The van der Waals surface area contributed by atoms with Gasteiger partial charge in [0.25, 0.3) is 0 Å². The summed E-state index contributed by atoms with van der Waals surface area (Å²) in [6.45, 7) is 5.75. The Bertz CT molecular complexity index is 616. The second kappa shape index (κ2) is 5.95. The van der Waals surface area contributed by atoms with Crippen molar-refractivity contribution in [3.05, 3.63) is 35.2 Å². The Kier molecular flexibility index (Phi) is 4.03. The predicted molar refractivity (Wildman–Crippen MR) is 85.2 cm³/mol. The molecule has 0 bridgehead atoms. The quantitative estimate of drug-likeness (QED) is 0.816. The van der Waals surface area contributed by atoms with Crippen molar-refractivity contribution in [1.82, 2.24) is 4.98 Å². The highest BCUT2D eigenvalue weighted by Crippen LogP contribution is 2.33. The van der Waals surface area contributed by atoms with Crippen LogP contribution >= 0.6 is 11.3 Å². The molecule has 0 saturated carbocycles. The van der Waals surface area contributed by atoms with Crippen LogP contribution in [-0.2, 0) is 4.74 Å². The molecule has 1 aromatic heterocycles. The van der Waals surface area contributed by atoms with E-state index in [1.807, 2.05) is 30.3 Å². The number of ether oxygens (including phenoxy) is 1. The van der Waals surface area contributed by atoms with Crippen molar-refractivity contribution in [2.75, 3.05) is 18.0 Å². The molecule has 4 nitrogen and oxygen atoms in total. The van der Waals surface area contributed by atoms with Crippen LogP contribution in [0.1, 0.15) is 23.5 Å². The second-order valence-corrected chi connectivity index (χ2v) is 6.36. The van der Waals surface area contributed by atoms with Gasteiger partial charge in [-0.15, -0.1) is 0 Å². The standard InChI is InChI=1S/C16H18N2O2S/c1-11-8-18(9-12(2)20-11)16-17-15(14(10-19)21-16)13-6-4-3-5-7-13/h3-7,10-12H,8-9H2,1-2H3. The Morgan fingerprint density at radius 2 is 1.90 bits per heavy atom. The van der Waals surface area contributed by atoms with Crippen molar-refractivity contribution in [1.29, 1.82) is 0 Å². The topological polar surface area (TPSA) is 42.4 Å². The predicted octanol–water partition coefficient (Wildman–Crippen LogP) is 3.24. The molecule has 5 heteroatoms. The van der Waals surface area contributed by atoms with Gasteiger partial charge in [-0.1, -0.05) is 41.7 Å². The van der Waals surface area contributed by atoms with E-state index in [0.29, 0.717) is 4.88 Å². The van der Waals surface area contributed by atoms with Crippen molar-refractivity contribution in [3.63, 3.8) is 0 Å². The van der Waals surface area contributed by atoms with Crippen molar-refractivity contribution >= 4 is 22.8 Å². The SMILES string of the molecule is CC1CN(c2nc(-c3ccccc3)c(C=O)s2)CC(C)O1. The molecule has 2 atom stereocenters. The van der Waals surface area contributed by atoms with Gasteiger partial charge in [0.1, 0.15) is 0 Å². The van der Waals surface area contributed by atoms with Gasteiger partial charge < -0.3 is 9.64 Å². The maximum Gasteiger partial charge on any atom is 0.186 e. The van der Waals surface area contributed by atoms with Crippen LogP contribution in [0, 0.1) is 0 Å². The summed E-state index contributed by atoms with van der Waals surface area (Å²) in [6.07, 6.45) is 1.26. The minimum Gasteiger partial charge on any atom is -0.372 e. The van der Waals surface area contributed by atoms with E-state index < -0.39 is 0 Å². The summed E-state index contributed by atoms with van der Waals surface area (Å²) in [4.78, 5) is 18.9. The number of carbonyl (C=O) groups excluding carboxylic acids is 1. The number of hydrogen-bond acceptors (Lipinski definition) is 5. The van der Waals surface area contributed by atoms with Gasteiger partial charge in [-0.2, -0.15) is 0 Å². The monoisotopic (exact) mass is 302 g/mol. The van der Waals surface area contributed by atoms with E-state index in [9.17, 15) is 4.79 Å². The van der Waals surface area contributed by atoms with E-state index in [0.717, 1.165) is 35.8 Å². The number of aromatic nitrogens is 1. The molecule has 0 aliphatic carbocycles. The fourth-order valence-electron chi connectivity index (χ4n) is 2.67. The molecule has 1 fully saturated rings. The van der Waals surface area contributed by atoms with Crippen LogP contribution in [0.3, 0.4) is 0 Å². The molecule has 1 saturated heterocycles. The molecular formula is C16H18N2O2S. The maximum absolute atomic E-state index is 11.4. The number of aldehydes is 1. The van der Waals surface area contributed by atoms with Gasteiger partial charge in [0.15, 0.2) is 11.4 Å². The highest BCUT2D eigenvalue weighted by Gasteiger charge is 2.25. The average Bonchev–Trinajstić information content (AvgIpc) is 2.91. The summed E-state index contributed by atoms with van der Waals surface area (Å²) in [7, 11) is 0. The van der Waals surface area contributed by atoms with Crippen LogP contribution in [0.4, 0.5) is 5.13 Å². The van der Waals surface area contributed by atoms with Crippen molar-refractivity contribution < 1.29 is 9.53 Å². The summed E-state index contributed by atoms with van der Waals surface area (Å²) < 4.78 is 5.75. The summed E-state index contributed by atoms with van der Waals surface area (Å²) in [5.41, 5.74) is 1.76. The lowest BCUT2D eigenvalue weighted by atomic mass is 10.1. The highest BCUT2D eigenvalue weighted by molar-refractivity contribution is 7.17. The fraction of sp³-hybridized carbons (Fsp3) is 0.375. The van der Waals surface area contributed by atoms with E-state index >= 15 is 0 Å². The number of benzene rings is 1. The zero-order valence-electron chi connectivity index (χ0n) is 12.2. The highest BCUT2D eigenvalue weighted by atomic mass is 32.1. The normalized spacial score (nSPS) is 22.3. The summed E-state index contributed by atoms with van der Waals surface area (Å²) >= 11 is 1.46. The van der Waals surface area contributed by atoms with Crippen LogP contribution in [0.15, 0.2) is 30.3 Å². The lowest BCUT2D eigenvalue weighted by Crippen LogP contribution is -2.45. The Labute approximate surface area is 128 Å². The average molecular weight is 302 g/mol.